The number of hydrogen-bond acceptors (Lipinski definition) is 9. The second-order valence-electron chi connectivity index (χ2n) is 11.6. The van der Waals surface area contributed by atoms with Crippen molar-refractivity contribution in [3.63, 3.8) is 0 Å². The van der Waals surface area contributed by atoms with Crippen LogP contribution in [0.3, 0.4) is 0 Å². The molecule has 0 radical (unpaired) electrons. The van der Waals surface area contributed by atoms with Crippen LogP contribution in [0.1, 0.15) is 65.7 Å². The number of anilines is 1. The minimum atomic E-state index is -4.40. The lowest BCUT2D eigenvalue weighted by Crippen LogP contribution is -2.46. The van der Waals surface area contributed by atoms with Crippen molar-refractivity contribution in [3.8, 4) is 16.3 Å². The van der Waals surface area contributed by atoms with Gasteiger partial charge in [-0.15, -0.1) is 23.1 Å². The third kappa shape index (κ3) is 8.94. The number of thiazole rings is 1. The molecular weight excluding hydrogens is 648 g/mol. The maximum atomic E-state index is 13.2. The number of benzene rings is 3. The van der Waals surface area contributed by atoms with E-state index in [0.717, 1.165) is 65.0 Å². The Labute approximate surface area is 280 Å². The predicted octanol–water partition coefficient (Wildman–Crippen LogP) is 8.63. The molecule has 7 nitrogen and oxygen atoms in total. The summed E-state index contributed by atoms with van der Waals surface area (Å²) in [5, 5.41) is 0.682. The molecule has 2 heterocycles. The van der Waals surface area contributed by atoms with E-state index in [0.29, 0.717) is 34.2 Å². The highest BCUT2D eigenvalue weighted by atomic mass is 32.2. The SMILES string of the molecule is CC(=O)OOc1ccc(SCc2sc(-c3ccc(C(F)(F)F)cc3)nc2CN2CCN(c3ccc(C(C)=O)cc3)CC2)cc1C(C)C. The van der Waals surface area contributed by atoms with Gasteiger partial charge in [0.25, 0.3) is 0 Å². The third-order valence-electron chi connectivity index (χ3n) is 7.84. The van der Waals surface area contributed by atoms with E-state index in [1.165, 1.54) is 30.4 Å². The lowest BCUT2D eigenvalue weighted by Gasteiger charge is -2.36. The summed E-state index contributed by atoms with van der Waals surface area (Å²) in [6, 6.07) is 18.6. The molecule has 0 bridgehead atoms. The van der Waals surface area contributed by atoms with Crippen molar-refractivity contribution in [1.29, 1.82) is 0 Å². The van der Waals surface area contributed by atoms with Crippen molar-refractivity contribution in [2.75, 3.05) is 31.1 Å². The molecule has 0 saturated carbocycles. The van der Waals surface area contributed by atoms with E-state index >= 15 is 0 Å². The van der Waals surface area contributed by atoms with Crippen molar-refractivity contribution in [3.05, 3.63) is 94.0 Å². The summed E-state index contributed by atoms with van der Waals surface area (Å²) in [5.74, 6) is 0.732. The number of carbonyl (C=O) groups is 2. The largest absolute Gasteiger partial charge is 0.416 e. The molecule has 4 aromatic rings. The van der Waals surface area contributed by atoms with Gasteiger partial charge in [0.2, 0.25) is 0 Å². The van der Waals surface area contributed by atoms with Crippen LogP contribution in [-0.4, -0.2) is 47.8 Å². The van der Waals surface area contributed by atoms with E-state index in [-0.39, 0.29) is 11.7 Å². The number of halogens is 3. The Morgan fingerprint density at radius 3 is 2.23 bits per heavy atom. The fourth-order valence-corrected chi connectivity index (χ4v) is 7.35. The number of thioether (sulfide) groups is 1. The summed E-state index contributed by atoms with van der Waals surface area (Å²) < 4.78 is 39.6. The molecule has 5 rings (SSSR count). The van der Waals surface area contributed by atoms with Crippen LogP contribution in [0.25, 0.3) is 10.6 Å². The zero-order valence-electron chi connectivity index (χ0n) is 26.6. The lowest BCUT2D eigenvalue weighted by atomic mass is 10.0. The Morgan fingerprint density at radius 2 is 1.64 bits per heavy atom. The molecular formula is C35H36F3N3O4S2. The summed E-state index contributed by atoms with van der Waals surface area (Å²) in [4.78, 5) is 44.6. The van der Waals surface area contributed by atoms with Crippen LogP contribution in [0.5, 0.6) is 5.75 Å². The van der Waals surface area contributed by atoms with Crippen molar-refractivity contribution in [2.24, 2.45) is 0 Å². The molecule has 0 N–H and O–H groups in total. The summed E-state index contributed by atoms with van der Waals surface area (Å²) >= 11 is 3.14. The predicted molar refractivity (Wildman–Crippen MR) is 179 cm³/mol. The van der Waals surface area contributed by atoms with Crippen LogP contribution in [0.2, 0.25) is 0 Å². The minimum absolute atomic E-state index is 0.0416. The maximum absolute atomic E-state index is 13.2. The van der Waals surface area contributed by atoms with Gasteiger partial charge in [-0.05, 0) is 67.4 Å². The minimum Gasteiger partial charge on any atom is -0.369 e. The number of piperazine rings is 1. The molecule has 0 amide bonds. The lowest BCUT2D eigenvalue weighted by molar-refractivity contribution is -0.211. The standard InChI is InChI=1S/C35H36F3N3O4S2/c1-22(2)30-19-29(13-14-32(30)45-44-24(4)43)46-21-33-31(39-34(47-33)26-5-9-27(10-6-26)35(36,37)38)20-40-15-17-41(18-16-40)28-11-7-25(8-12-28)23(3)42/h5-14,19,22H,15-18,20-21H2,1-4H3. The number of carbonyl (C=O) groups excluding carboxylic acids is 2. The van der Waals surface area contributed by atoms with Gasteiger partial charge in [0, 0.05) is 77.6 Å². The van der Waals surface area contributed by atoms with Gasteiger partial charge < -0.3 is 4.90 Å². The van der Waals surface area contributed by atoms with Crippen molar-refractivity contribution < 1.29 is 32.5 Å². The van der Waals surface area contributed by atoms with Gasteiger partial charge >= 0.3 is 12.1 Å². The first-order valence-corrected chi connectivity index (χ1v) is 17.0. The molecule has 47 heavy (non-hydrogen) atoms. The zero-order valence-corrected chi connectivity index (χ0v) is 28.2. The molecule has 1 fully saturated rings. The van der Waals surface area contributed by atoms with Crippen LogP contribution in [-0.2, 0) is 28.2 Å². The molecule has 12 heteroatoms. The molecule has 248 valence electrons. The van der Waals surface area contributed by atoms with Crippen molar-refractivity contribution in [1.82, 2.24) is 9.88 Å². The van der Waals surface area contributed by atoms with Gasteiger partial charge in [-0.2, -0.15) is 13.2 Å². The zero-order chi connectivity index (χ0) is 33.7. The molecule has 1 aromatic heterocycles. The second-order valence-corrected chi connectivity index (χ2v) is 13.8. The van der Waals surface area contributed by atoms with Crippen molar-refractivity contribution in [2.45, 2.75) is 57.0 Å². The second kappa shape index (κ2) is 14.9. The highest BCUT2D eigenvalue weighted by molar-refractivity contribution is 7.98. The first-order valence-electron chi connectivity index (χ1n) is 15.2. The monoisotopic (exact) mass is 683 g/mol. The van der Waals surface area contributed by atoms with Gasteiger partial charge in [-0.25, -0.2) is 9.78 Å². The number of Topliss-reactive ketones (excluding diaryl/α,β-unsaturated/α-hetero) is 1. The van der Waals surface area contributed by atoms with Crippen LogP contribution in [0.15, 0.2) is 71.6 Å². The molecule has 1 saturated heterocycles. The summed E-state index contributed by atoms with van der Waals surface area (Å²) in [6.07, 6.45) is -4.40. The van der Waals surface area contributed by atoms with E-state index in [1.807, 2.05) is 50.2 Å². The maximum Gasteiger partial charge on any atom is 0.416 e. The van der Waals surface area contributed by atoms with Gasteiger partial charge in [-0.3, -0.25) is 19.5 Å². The Morgan fingerprint density at radius 1 is 0.957 bits per heavy atom. The van der Waals surface area contributed by atoms with E-state index in [9.17, 15) is 22.8 Å². The highest BCUT2D eigenvalue weighted by Crippen LogP contribution is 2.38. The summed E-state index contributed by atoms with van der Waals surface area (Å²) in [7, 11) is 0. The van der Waals surface area contributed by atoms with Gasteiger partial charge in [0.1, 0.15) is 5.01 Å². The van der Waals surface area contributed by atoms with Crippen LogP contribution in [0, 0.1) is 0 Å². The Hall–Kier alpha value is -3.87. The van der Waals surface area contributed by atoms with Gasteiger partial charge in [0.15, 0.2) is 11.5 Å². The number of rotatable bonds is 11. The normalized spacial score (nSPS) is 14.0. The average molecular weight is 684 g/mol. The summed E-state index contributed by atoms with van der Waals surface area (Å²) in [6.45, 7) is 10.8. The van der Waals surface area contributed by atoms with Gasteiger partial charge in [0.05, 0.1) is 11.3 Å². The first-order chi connectivity index (χ1) is 22.4. The first kappa shape index (κ1) is 34.5. The number of alkyl halides is 3. The van der Waals surface area contributed by atoms with Gasteiger partial charge in [-0.1, -0.05) is 26.0 Å². The average Bonchev–Trinajstić information content (AvgIpc) is 3.45. The smallest absolute Gasteiger partial charge is 0.369 e. The van der Waals surface area contributed by atoms with Crippen LogP contribution < -0.4 is 9.79 Å². The van der Waals surface area contributed by atoms with E-state index < -0.39 is 17.7 Å². The topological polar surface area (TPSA) is 72.0 Å². The Bertz CT molecular complexity index is 1700. The van der Waals surface area contributed by atoms with Crippen molar-refractivity contribution >= 4 is 40.5 Å². The molecule has 0 atom stereocenters. The van der Waals surface area contributed by atoms with E-state index in [4.69, 9.17) is 14.8 Å². The van der Waals surface area contributed by atoms with E-state index in [1.54, 1.807) is 24.8 Å². The number of hydrogen-bond donors (Lipinski definition) is 0. The Balaban J connectivity index is 1.33. The fraction of sp³-hybridized carbons (Fsp3) is 0.343. The van der Waals surface area contributed by atoms with Crippen LogP contribution in [0.4, 0.5) is 18.9 Å². The van der Waals surface area contributed by atoms with E-state index in [2.05, 4.69) is 9.80 Å². The molecule has 1 aliphatic heterocycles. The Kier molecular flexibility index (Phi) is 10.9. The molecule has 0 unspecified atom stereocenters. The van der Waals surface area contributed by atoms with Crippen LogP contribution >= 0.6 is 23.1 Å². The molecule has 0 aliphatic carbocycles. The fourth-order valence-electron chi connectivity index (χ4n) is 5.22. The molecule has 1 aliphatic rings. The number of ketones is 1. The highest BCUT2D eigenvalue weighted by Gasteiger charge is 2.30. The number of nitrogens with zero attached hydrogens (tertiary/aromatic N) is 3. The third-order valence-corrected chi connectivity index (χ3v) is 10.2. The summed E-state index contributed by atoms with van der Waals surface area (Å²) in [5.41, 5.74) is 3.54. The molecule has 0 spiro atoms. The number of aromatic nitrogens is 1. The molecule has 3 aromatic carbocycles. The quantitative estimate of drug-likeness (QED) is 0.0674.